The quantitative estimate of drug-likeness (QED) is 0.331. The van der Waals surface area contributed by atoms with E-state index in [9.17, 15) is 9.59 Å². The minimum absolute atomic E-state index is 0.00759. The van der Waals surface area contributed by atoms with Crippen LogP contribution in [0.25, 0.3) is 10.8 Å². The second kappa shape index (κ2) is 7.95. The topological polar surface area (TPSA) is 67.8 Å². The van der Waals surface area contributed by atoms with E-state index in [2.05, 4.69) is 31.2 Å². The number of halogens is 1. The number of hydrogen-bond donors (Lipinski definition) is 1. The van der Waals surface area contributed by atoms with Crippen LogP contribution in [-0.2, 0) is 9.63 Å². The highest BCUT2D eigenvalue weighted by Crippen LogP contribution is 2.71. The van der Waals surface area contributed by atoms with Crippen LogP contribution in [0, 0.1) is 16.2 Å². The molecule has 2 aliphatic carbocycles. The Morgan fingerprint density at radius 1 is 0.941 bits per heavy atom. The minimum atomic E-state index is -0.635. The first kappa shape index (κ1) is 22.6. The maximum absolute atomic E-state index is 13.8. The van der Waals surface area contributed by atoms with Crippen LogP contribution in [0.1, 0.15) is 50.4 Å². The van der Waals surface area contributed by atoms with E-state index in [4.69, 9.17) is 16.4 Å². The lowest BCUT2D eigenvalue weighted by molar-refractivity contribution is -0.130. The fourth-order valence-corrected chi connectivity index (χ4v) is 5.96. The zero-order valence-electron chi connectivity index (χ0n) is 19.5. The highest BCUT2D eigenvalue weighted by molar-refractivity contribution is 6.30. The molecule has 3 aromatic rings. The van der Waals surface area contributed by atoms with Crippen molar-refractivity contribution in [3.8, 4) is 0 Å². The number of fused-ring (bicyclic) bond motifs is 3. The molecule has 2 fully saturated rings. The first-order valence-electron chi connectivity index (χ1n) is 11.5. The van der Waals surface area contributed by atoms with Crippen LogP contribution in [0.2, 0.25) is 5.02 Å². The van der Waals surface area contributed by atoms with Gasteiger partial charge in [0.2, 0.25) is 5.91 Å². The molecule has 0 saturated heterocycles. The zero-order chi connectivity index (χ0) is 24.1. The molecule has 5 rings (SSSR count). The Bertz CT molecular complexity index is 1330. The first-order valence-corrected chi connectivity index (χ1v) is 11.9. The van der Waals surface area contributed by atoms with Crippen LogP contribution >= 0.6 is 11.6 Å². The van der Waals surface area contributed by atoms with Gasteiger partial charge in [-0.1, -0.05) is 73.9 Å². The molecule has 5 nitrogen and oxygen atoms in total. The Kier molecular flexibility index (Phi) is 5.28. The van der Waals surface area contributed by atoms with Crippen molar-refractivity contribution in [1.29, 1.82) is 0 Å². The maximum atomic E-state index is 13.8. The van der Waals surface area contributed by atoms with Crippen molar-refractivity contribution in [2.75, 3.05) is 5.32 Å². The predicted octanol–water partition coefficient (Wildman–Crippen LogP) is 6.86. The van der Waals surface area contributed by atoms with E-state index >= 15 is 0 Å². The van der Waals surface area contributed by atoms with Gasteiger partial charge in [-0.25, -0.2) is 4.79 Å². The van der Waals surface area contributed by atoms with Gasteiger partial charge < -0.3 is 10.2 Å². The molecule has 0 heterocycles. The first-order chi connectivity index (χ1) is 16.2. The lowest BCUT2D eigenvalue weighted by Crippen LogP contribution is -2.43. The van der Waals surface area contributed by atoms with Gasteiger partial charge in [-0.2, -0.15) is 0 Å². The van der Waals surface area contributed by atoms with Gasteiger partial charge in [0, 0.05) is 27.9 Å². The average molecular weight is 475 g/mol. The summed E-state index contributed by atoms with van der Waals surface area (Å²) in [6, 6.07) is 20.4. The van der Waals surface area contributed by atoms with E-state index < -0.39 is 11.4 Å². The molecule has 2 atom stereocenters. The molecule has 3 aromatic carbocycles. The van der Waals surface area contributed by atoms with Gasteiger partial charge in [-0.05, 0) is 54.0 Å². The van der Waals surface area contributed by atoms with Crippen LogP contribution in [0.5, 0.6) is 0 Å². The molecular weight excluding hydrogens is 448 g/mol. The third-order valence-corrected chi connectivity index (χ3v) is 8.78. The summed E-state index contributed by atoms with van der Waals surface area (Å²) in [5, 5.41) is 10.2. The van der Waals surface area contributed by atoms with Crippen LogP contribution in [0.3, 0.4) is 0 Å². The number of anilines is 1. The summed E-state index contributed by atoms with van der Waals surface area (Å²) in [6.45, 7) is 6.39. The second-order valence-electron chi connectivity index (χ2n) is 10.1. The van der Waals surface area contributed by atoms with Crippen LogP contribution in [0.15, 0.2) is 71.9 Å². The number of nitrogens with zero attached hydrogens (tertiary/aromatic N) is 1. The van der Waals surface area contributed by atoms with E-state index in [0.29, 0.717) is 17.0 Å². The molecule has 2 unspecified atom stereocenters. The third-order valence-electron chi connectivity index (χ3n) is 8.52. The monoisotopic (exact) mass is 474 g/mol. The SMILES string of the molecule is CC12CCC(C(=O)Nc3cccc4ccccc34)(CC1=NOC(=O)c1ccc(Cl)cc1)C2(C)C. The molecule has 1 N–H and O–H groups in total. The molecule has 0 spiro atoms. The molecule has 174 valence electrons. The molecule has 0 radical (unpaired) electrons. The Morgan fingerprint density at radius 2 is 1.65 bits per heavy atom. The van der Waals surface area contributed by atoms with Crippen LogP contribution < -0.4 is 5.32 Å². The Morgan fingerprint density at radius 3 is 2.41 bits per heavy atom. The lowest BCUT2D eigenvalue weighted by atomic mass is 9.64. The van der Waals surface area contributed by atoms with Gasteiger partial charge in [-0.15, -0.1) is 0 Å². The average Bonchev–Trinajstić information content (AvgIpc) is 3.14. The van der Waals surface area contributed by atoms with Crippen molar-refractivity contribution in [3.05, 3.63) is 77.3 Å². The molecule has 2 bridgehead atoms. The molecule has 2 aliphatic rings. The smallest absolute Gasteiger partial charge is 0.325 e. The summed E-state index contributed by atoms with van der Waals surface area (Å²) in [5.41, 5.74) is 0.610. The molecule has 6 heteroatoms. The van der Waals surface area contributed by atoms with Crippen LogP contribution in [0.4, 0.5) is 5.69 Å². The van der Waals surface area contributed by atoms with E-state index in [0.717, 1.165) is 35.0 Å². The van der Waals surface area contributed by atoms with Gasteiger partial charge in [0.25, 0.3) is 0 Å². The van der Waals surface area contributed by atoms with E-state index in [1.807, 2.05) is 42.5 Å². The lowest BCUT2D eigenvalue weighted by Gasteiger charge is -2.39. The van der Waals surface area contributed by atoms with E-state index in [1.54, 1.807) is 24.3 Å². The molecule has 0 aromatic heterocycles. The summed E-state index contributed by atoms with van der Waals surface area (Å²) in [6.07, 6.45) is 2.03. The molecule has 1 amide bonds. The summed E-state index contributed by atoms with van der Waals surface area (Å²) >= 11 is 5.91. The summed E-state index contributed by atoms with van der Waals surface area (Å²) in [5.74, 6) is -0.547. The zero-order valence-corrected chi connectivity index (χ0v) is 20.3. The fraction of sp³-hybridized carbons (Fsp3) is 0.321. The van der Waals surface area contributed by atoms with Crippen molar-refractivity contribution in [1.82, 2.24) is 0 Å². The normalized spacial score (nSPS) is 26.1. The van der Waals surface area contributed by atoms with Crippen molar-refractivity contribution < 1.29 is 14.4 Å². The number of rotatable bonds is 4. The second-order valence-corrected chi connectivity index (χ2v) is 10.6. The van der Waals surface area contributed by atoms with Gasteiger partial charge in [0.15, 0.2) is 0 Å². The minimum Gasteiger partial charge on any atom is -0.325 e. The van der Waals surface area contributed by atoms with Crippen LogP contribution in [-0.4, -0.2) is 17.6 Å². The molecule has 0 aliphatic heterocycles. The number of oxime groups is 1. The molecule has 34 heavy (non-hydrogen) atoms. The van der Waals surface area contributed by atoms with Crippen molar-refractivity contribution in [3.63, 3.8) is 0 Å². The Labute approximate surface area is 204 Å². The summed E-state index contributed by atoms with van der Waals surface area (Å²) < 4.78 is 0. The number of hydrogen-bond acceptors (Lipinski definition) is 4. The van der Waals surface area contributed by atoms with Gasteiger partial charge in [-0.3, -0.25) is 4.79 Å². The van der Waals surface area contributed by atoms with E-state index in [-0.39, 0.29) is 16.7 Å². The standard InChI is InChI=1S/C28H27ClN2O3/c1-26(2)27(3)15-16-28(26,17-23(27)31-34-24(32)19-11-13-20(29)14-12-19)25(33)30-22-10-6-8-18-7-4-5-9-21(18)22/h4-14H,15-17H2,1-3H3,(H,30,33). The maximum Gasteiger partial charge on any atom is 0.365 e. The van der Waals surface area contributed by atoms with E-state index in [1.165, 1.54) is 0 Å². The van der Waals surface area contributed by atoms with Gasteiger partial charge >= 0.3 is 5.97 Å². The summed E-state index contributed by atoms with van der Waals surface area (Å²) in [7, 11) is 0. The third kappa shape index (κ3) is 3.25. The highest BCUT2D eigenvalue weighted by atomic mass is 35.5. The van der Waals surface area contributed by atoms with Crippen molar-refractivity contribution >= 4 is 45.6 Å². The van der Waals surface area contributed by atoms with Gasteiger partial charge in [0.05, 0.1) is 16.7 Å². The highest BCUT2D eigenvalue weighted by Gasteiger charge is 2.71. The van der Waals surface area contributed by atoms with Crippen molar-refractivity contribution in [2.45, 2.75) is 40.0 Å². The summed E-state index contributed by atoms with van der Waals surface area (Å²) in [4.78, 5) is 31.7. The Hall–Kier alpha value is -3.18. The molecule has 2 saturated carbocycles. The molecular formula is C28H27ClN2O3. The largest absolute Gasteiger partial charge is 0.365 e. The predicted molar refractivity (Wildman–Crippen MR) is 135 cm³/mol. The van der Waals surface area contributed by atoms with Gasteiger partial charge in [0.1, 0.15) is 0 Å². The fourth-order valence-electron chi connectivity index (χ4n) is 5.83. The number of benzene rings is 3. The Balaban J connectivity index is 1.43. The number of nitrogens with one attached hydrogen (secondary N) is 1. The number of amides is 1. The number of carbonyl (C=O) groups excluding carboxylic acids is 2. The van der Waals surface area contributed by atoms with Crippen molar-refractivity contribution in [2.24, 2.45) is 21.4 Å². The number of carbonyl (C=O) groups is 2.